The normalized spacial score (nSPS) is 19.8. The van der Waals surface area contributed by atoms with Gasteiger partial charge in [-0.1, -0.05) is 24.6 Å². The van der Waals surface area contributed by atoms with E-state index in [1.807, 2.05) is 0 Å². The lowest BCUT2D eigenvalue weighted by molar-refractivity contribution is 0.338. The molecule has 0 unspecified atom stereocenters. The van der Waals surface area contributed by atoms with Crippen molar-refractivity contribution in [3.8, 4) is 0 Å². The van der Waals surface area contributed by atoms with E-state index in [-0.39, 0.29) is 0 Å². The van der Waals surface area contributed by atoms with Crippen molar-refractivity contribution in [3.63, 3.8) is 0 Å². The maximum atomic E-state index is 3.65. The van der Waals surface area contributed by atoms with Crippen LogP contribution in [0.3, 0.4) is 0 Å². The predicted octanol–water partition coefficient (Wildman–Crippen LogP) is 2.69. The van der Waals surface area contributed by atoms with E-state index in [0.29, 0.717) is 0 Å². The molecule has 2 aliphatic rings. The molecule has 1 heterocycles. The lowest BCUT2D eigenvalue weighted by atomic mass is 9.92. The van der Waals surface area contributed by atoms with Crippen molar-refractivity contribution in [2.24, 2.45) is 0 Å². The molecule has 3 rings (SSSR count). The molecule has 0 aromatic heterocycles. The summed E-state index contributed by atoms with van der Waals surface area (Å²) in [7, 11) is 0. The van der Waals surface area contributed by atoms with Crippen LogP contribution in [0.15, 0.2) is 18.2 Å². The fourth-order valence-electron chi connectivity index (χ4n) is 2.59. The third-order valence-electron chi connectivity index (χ3n) is 3.85. The van der Waals surface area contributed by atoms with Gasteiger partial charge in [-0.05, 0) is 36.8 Å². The molecule has 1 aliphatic heterocycles. The Bertz CT molecular complexity index is 369. The van der Waals surface area contributed by atoms with E-state index in [0.717, 1.165) is 19.1 Å². The van der Waals surface area contributed by atoms with Gasteiger partial charge in [0.1, 0.15) is 0 Å². The number of hydrogen-bond acceptors (Lipinski definition) is 2. The molecule has 1 saturated carbocycles. The summed E-state index contributed by atoms with van der Waals surface area (Å²) in [5.74, 6) is 0. The summed E-state index contributed by atoms with van der Waals surface area (Å²) < 4.78 is 0. The second-order valence-electron chi connectivity index (χ2n) is 4.99. The van der Waals surface area contributed by atoms with Crippen molar-refractivity contribution in [2.45, 2.75) is 44.7 Å². The SMILES string of the molecule is c1cc2c(c(CNC3CCC3)c1)NCCC2. The topological polar surface area (TPSA) is 24.1 Å². The Morgan fingerprint density at radius 3 is 3.00 bits per heavy atom. The number of anilines is 1. The number of rotatable bonds is 3. The van der Waals surface area contributed by atoms with Crippen LogP contribution in [-0.2, 0) is 13.0 Å². The van der Waals surface area contributed by atoms with E-state index in [1.165, 1.54) is 48.9 Å². The zero-order valence-electron chi connectivity index (χ0n) is 9.76. The number of benzene rings is 1. The summed E-state index contributed by atoms with van der Waals surface area (Å²) in [5, 5.41) is 7.20. The first-order valence-corrected chi connectivity index (χ1v) is 6.51. The fourth-order valence-corrected chi connectivity index (χ4v) is 2.59. The molecule has 0 spiro atoms. The van der Waals surface area contributed by atoms with E-state index < -0.39 is 0 Å². The Labute approximate surface area is 97.4 Å². The van der Waals surface area contributed by atoms with Crippen molar-refractivity contribution in [3.05, 3.63) is 29.3 Å². The van der Waals surface area contributed by atoms with Gasteiger partial charge in [0.05, 0.1) is 0 Å². The zero-order chi connectivity index (χ0) is 10.8. The maximum Gasteiger partial charge on any atom is 0.0418 e. The van der Waals surface area contributed by atoms with Gasteiger partial charge in [0.25, 0.3) is 0 Å². The predicted molar refractivity (Wildman–Crippen MR) is 67.7 cm³/mol. The molecule has 2 nitrogen and oxygen atoms in total. The minimum Gasteiger partial charge on any atom is -0.385 e. The summed E-state index contributed by atoms with van der Waals surface area (Å²) in [6.07, 6.45) is 6.64. The monoisotopic (exact) mass is 216 g/mol. The first-order valence-electron chi connectivity index (χ1n) is 6.51. The number of nitrogens with one attached hydrogen (secondary N) is 2. The number of para-hydroxylation sites is 1. The molecule has 2 heteroatoms. The highest BCUT2D eigenvalue weighted by Gasteiger charge is 2.17. The highest BCUT2D eigenvalue weighted by molar-refractivity contribution is 5.59. The van der Waals surface area contributed by atoms with Crippen LogP contribution in [0.4, 0.5) is 5.69 Å². The van der Waals surface area contributed by atoms with Crippen LogP contribution in [0.1, 0.15) is 36.8 Å². The van der Waals surface area contributed by atoms with Gasteiger partial charge in [0.15, 0.2) is 0 Å². The first kappa shape index (κ1) is 10.2. The second kappa shape index (κ2) is 4.46. The van der Waals surface area contributed by atoms with Gasteiger partial charge in [-0.15, -0.1) is 0 Å². The van der Waals surface area contributed by atoms with E-state index >= 15 is 0 Å². The van der Waals surface area contributed by atoms with Gasteiger partial charge >= 0.3 is 0 Å². The summed E-state index contributed by atoms with van der Waals surface area (Å²) in [6.45, 7) is 2.16. The third kappa shape index (κ3) is 1.94. The van der Waals surface area contributed by atoms with Crippen LogP contribution in [0, 0.1) is 0 Å². The highest BCUT2D eigenvalue weighted by atomic mass is 14.9. The summed E-state index contributed by atoms with van der Waals surface area (Å²) in [4.78, 5) is 0. The van der Waals surface area contributed by atoms with Crippen LogP contribution in [0.25, 0.3) is 0 Å². The molecule has 0 bridgehead atoms. The number of hydrogen-bond donors (Lipinski definition) is 2. The third-order valence-corrected chi connectivity index (χ3v) is 3.85. The molecule has 86 valence electrons. The van der Waals surface area contributed by atoms with Crippen LogP contribution in [0.5, 0.6) is 0 Å². The molecule has 0 atom stereocenters. The number of aryl methyl sites for hydroxylation is 1. The van der Waals surface area contributed by atoms with Gasteiger partial charge in [0, 0.05) is 24.8 Å². The van der Waals surface area contributed by atoms with Crippen LogP contribution >= 0.6 is 0 Å². The Kier molecular flexibility index (Phi) is 2.83. The fraction of sp³-hybridized carbons (Fsp3) is 0.571. The highest BCUT2D eigenvalue weighted by Crippen LogP contribution is 2.26. The molecule has 1 aromatic carbocycles. The van der Waals surface area contributed by atoms with Crippen LogP contribution in [-0.4, -0.2) is 12.6 Å². The van der Waals surface area contributed by atoms with Gasteiger partial charge < -0.3 is 10.6 Å². The van der Waals surface area contributed by atoms with Gasteiger partial charge in [0.2, 0.25) is 0 Å². The van der Waals surface area contributed by atoms with E-state index in [4.69, 9.17) is 0 Å². The molecular formula is C14H20N2. The minimum atomic E-state index is 0.777. The lowest BCUT2D eigenvalue weighted by Gasteiger charge is -2.28. The average molecular weight is 216 g/mol. The van der Waals surface area contributed by atoms with Crippen molar-refractivity contribution < 1.29 is 0 Å². The van der Waals surface area contributed by atoms with E-state index in [1.54, 1.807) is 0 Å². The zero-order valence-corrected chi connectivity index (χ0v) is 9.76. The van der Waals surface area contributed by atoms with Crippen molar-refractivity contribution in [1.82, 2.24) is 5.32 Å². The van der Waals surface area contributed by atoms with Gasteiger partial charge in [-0.25, -0.2) is 0 Å². The van der Waals surface area contributed by atoms with Crippen LogP contribution in [0.2, 0.25) is 0 Å². The molecule has 16 heavy (non-hydrogen) atoms. The van der Waals surface area contributed by atoms with E-state index in [2.05, 4.69) is 28.8 Å². The number of fused-ring (bicyclic) bond motifs is 1. The second-order valence-corrected chi connectivity index (χ2v) is 4.99. The molecule has 2 N–H and O–H groups in total. The molecule has 1 aromatic rings. The molecule has 1 aliphatic carbocycles. The minimum absolute atomic E-state index is 0.777. The Morgan fingerprint density at radius 1 is 1.25 bits per heavy atom. The van der Waals surface area contributed by atoms with Crippen LogP contribution < -0.4 is 10.6 Å². The first-order chi connectivity index (χ1) is 7.93. The molecule has 1 fully saturated rings. The molecule has 0 saturated heterocycles. The molecular weight excluding hydrogens is 196 g/mol. The average Bonchev–Trinajstić information content (AvgIpc) is 2.27. The Morgan fingerprint density at radius 2 is 2.19 bits per heavy atom. The Hall–Kier alpha value is -1.02. The molecule has 0 radical (unpaired) electrons. The quantitative estimate of drug-likeness (QED) is 0.811. The van der Waals surface area contributed by atoms with Crippen molar-refractivity contribution in [1.29, 1.82) is 0 Å². The standard InChI is InChI=1S/C14H20N2/c1-4-11-6-3-9-15-14(11)12(5-1)10-16-13-7-2-8-13/h1,4-5,13,15-16H,2-3,6-10H2. The lowest BCUT2D eigenvalue weighted by Crippen LogP contribution is -2.34. The van der Waals surface area contributed by atoms with Gasteiger partial charge in [-0.3, -0.25) is 0 Å². The van der Waals surface area contributed by atoms with Crippen molar-refractivity contribution in [2.75, 3.05) is 11.9 Å². The van der Waals surface area contributed by atoms with E-state index in [9.17, 15) is 0 Å². The summed E-state index contributed by atoms with van der Waals surface area (Å²) in [5.41, 5.74) is 4.35. The largest absolute Gasteiger partial charge is 0.385 e. The smallest absolute Gasteiger partial charge is 0.0418 e. The molecule has 0 amide bonds. The Balaban J connectivity index is 1.72. The summed E-state index contributed by atoms with van der Waals surface area (Å²) >= 11 is 0. The van der Waals surface area contributed by atoms with Gasteiger partial charge in [-0.2, -0.15) is 0 Å². The summed E-state index contributed by atoms with van der Waals surface area (Å²) in [6, 6.07) is 7.49. The van der Waals surface area contributed by atoms with Crippen molar-refractivity contribution >= 4 is 5.69 Å². The maximum absolute atomic E-state index is 3.65.